The summed E-state index contributed by atoms with van der Waals surface area (Å²) in [6.07, 6.45) is 10.1. The molecule has 0 spiro atoms. The molecule has 1 heterocycles. The molecule has 1 fully saturated rings. The fraction of sp³-hybridized carbons (Fsp3) is 0.769. The highest BCUT2D eigenvalue weighted by atomic mass is 32.1. The number of methoxy groups -OCH3 is 1. The number of ether oxygens (including phenoxy) is 1. The maximum atomic E-state index is 5.90. The Hall–Kier alpha value is -0.490. The number of nitrogens with one attached hydrogen (secondary N) is 1. The van der Waals surface area contributed by atoms with E-state index in [-0.39, 0.29) is 11.6 Å². The first kappa shape index (κ1) is 13.9. The average molecular weight is 269 g/mol. The summed E-state index contributed by atoms with van der Waals surface area (Å²) >= 11 is 1.68. The van der Waals surface area contributed by atoms with Crippen molar-refractivity contribution in [3.8, 4) is 0 Å². The first-order valence-corrected chi connectivity index (χ1v) is 7.57. The SMILES string of the molecule is COC1(C(Cc2cncs2)NN)CCCCCC1. The van der Waals surface area contributed by atoms with Crippen molar-refractivity contribution in [2.45, 2.75) is 56.6 Å². The lowest BCUT2D eigenvalue weighted by Gasteiger charge is -2.38. The zero-order valence-electron chi connectivity index (χ0n) is 11.0. The molecule has 1 aliphatic rings. The van der Waals surface area contributed by atoms with Gasteiger partial charge in [-0.05, 0) is 12.8 Å². The van der Waals surface area contributed by atoms with Crippen molar-refractivity contribution in [2.24, 2.45) is 5.84 Å². The van der Waals surface area contributed by atoms with E-state index in [0.717, 1.165) is 19.3 Å². The van der Waals surface area contributed by atoms with Crippen LogP contribution in [0.25, 0.3) is 0 Å². The predicted octanol–water partition coefficient (Wildman–Crippen LogP) is 2.26. The third kappa shape index (κ3) is 3.09. The molecule has 0 aliphatic heterocycles. The van der Waals surface area contributed by atoms with Gasteiger partial charge in [-0.2, -0.15) is 0 Å². The fourth-order valence-electron chi connectivity index (χ4n) is 2.96. The minimum atomic E-state index is -0.116. The van der Waals surface area contributed by atoms with Crippen molar-refractivity contribution < 1.29 is 4.74 Å². The lowest BCUT2D eigenvalue weighted by atomic mass is 9.84. The van der Waals surface area contributed by atoms with Crippen LogP contribution in [-0.2, 0) is 11.2 Å². The van der Waals surface area contributed by atoms with Crippen molar-refractivity contribution in [1.29, 1.82) is 0 Å². The second-order valence-electron chi connectivity index (χ2n) is 5.07. The maximum Gasteiger partial charge on any atom is 0.0847 e. The van der Waals surface area contributed by atoms with E-state index in [9.17, 15) is 0 Å². The second-order valence-corrected chi connectivity index (χ2v) is 6.05. The van der Waals surface area contributed by atoms with Gasteiger partial charge in [0.1, 0.15) is 0 Å². The molecule has 0 aromatic carbocycles. The Labute approximate surface area is 113 Å². The van der Waals surface area contributed by atoms with Gasteiger partial charge >= 0.3 is 0 Å². The zero-order valence-corrected chi connectivity index (χ0v) is 11.8. The van der Waals surface area contributed by atoms with E-state index in [1.807, 2.05) is 18.8 Å². The van der Waals surface area contributed by atoms with Crippen LogP contribution >= 0.6 is 11.3 Å². The third-order valence-electron chi connectivity index (χ3n) is 4.08. The van der Waals surface area contributed by atoms with Crippen LogP contribution in [0.1, 0.15) is 43.4 Å². The molecule has 2 rings (SSSR count). The summed E-state index contributed by atoms with van der Waals surface area (Å²) < 4.78 is 5.90. The van der Waals surface area contributed by atoms with Crippen molar-refractivity contribution >= 4 is 11.3 Å². The minimum absolute atomic E-state index is 0.116. The van der Waals surface area contributed by atoms with Crippen LogP contribution in [0.2, 0.25) is 0 Å². The lowest BCUT2D eigenvalue weighted by molar-refractivity contribution is -0.0525. The van der Waals surface area contributed by atoms with Crippen molar-refractivity contribution in [3.63, 3.8) is 0 Å². The maximum absolute atomic E-state index is 5.90. The molecular weight excluding hydrogens is 246 g/mol. The number of rotatable bonds is 5. The normalized spacial score (nSPS) is 21.4. The van der Waals surface area contributed by atoms with Crippen molar-refractivity contribution in [1.82, 2.24) is 10.4 Å². The van der Waals surface area contributed by atoms with Gasteiger partial charge in [0.2, 0.25) is 0 Å². The number of nitrogens with zero attached hydrogens (tertiary/aromatic N) is 1. The van der Waals surface area contributed by atoms with Crippen LogP contribution in [0.5, 0.6) is 0 Å². The Morgan fingerprint density at radius 2 is 2.17 bits per heavy atom. The van der Waals surface area contributed by atoms with E-state index >= 15 is 0 Å². The zero-order chi connectivity index (χ0) is 12.8. The molecule has 0 bridgehead atoms. The highest BCUT2D eigenvalue weighted by Crippen LogP contribution is 2.34. The molecule has 4 nitrogen and oxygen atoms in total. The monoisotopic (exact) mass is 269 g/mol. The molecule has 5 heteroatoms. The Bertz CT molecular complexity index is 334. The Morgan fingerprint density at radius 3 is 2.67 bits per heavy atom. The Kier molecular flexibility index (Phi) is 5.12. The molecule has 3 N–H and O–H groups in total. The summed E-state index contributed by atoms with van der Waals surface area (Å²) in [7, 11) is 1.82. The summed E-state index contributed by atoms with van der Waals surface area (Å²) in [4.78, 5) is 5.39. The molecule has 0 saturated heterocycles. The van der Waals surface area contributed by atoms with E-state index in [1.165, 1.54) is 30.6 Å². The molecule has 18 heavy (non-hydrogen) atoms. The summed E-state index contributed by atoms with van der Waals surface area (Å²) in [6.45, 7) is 0. The molecule has 0 radical (unpaired) electrons. The van der Waals surface area contributed by atoms with Gasteiger partial charge in [-0.25, -0.2) is 0 Å². The van der Waals surface area contributed by atoms with E-state index in [4.69, 9.17) is 10.6 Å². The Balaban J connectivity index is 2.11. The van der Waals surface area contributed by atoms with E-state index in [1.54, 1.807) is 11.3 Å². The van der Waals surface area contributed by atoms with Gasteiger partial charge in [0.25, 0.3) is 0 Å². The predicted molar refractivity (Wildman–Crippen MR) is 74.4 cm³/mol. The molecule has 1 atom stereocenters. The van der Waals surface area contributed by atoms with Gasteiger partial charge in [-0.1, -0.05) is 25.7 Å². The van der Waals surface area contributed by atoms with Gasteiger partial charge in [0.05, 0.1) is 17.2 Å². The first-order chi connectivity index (χ1) is 8.80. The number of hydrogen-bond donors (Lipinski definition) is 2. The van der Waals surface area contributed by atoms with Gasteiger partial charge in [-0.3, -0.25) is 16.3 Å². The van der Waals surface area contributed by atoms with Crippen LogP contribution in [0.3, 0.4) is 0 Å². The molecule has 102 valence electrons. The van der Waals surface area contributed by atoms with E-state index in [0.29, 0.717) is 0 Å². The Morgan fingerprint density at radius 1 is 1.44 bits per heavy atom. The smallest absolute Gasteiger partial charge is 0.0847 e. The largest absolute Gasteiger partial charge is 0.377 e. The van der Waals surface area contributed by atoms with Crippen molar-refractivity contribution in [3.05, 3.63) is 16.6 Å². The molecule has 1 aliphatic carbocycles. The summed E-state index contributed by atoms with van der Waals surface area (Å²) in [5, 5.41) is 0. The highest BCUT2D eigenvalue weighted by Gasteiger charge is 2.38. The fourth-order valence-corrected chi connectivity index (χ4v) is 3.60. The number of hydrogen-bond acceptors (Lipinski definition) is 5. The minimum Gasteiger partial charge on any atom is -0.377 e. The molecule has 1 unspecified atom stereocenters. The molecule has 1 aromatic heterocycles. The van der Waals surface area contributed by atoms with Crippen LogP contribution in [0.15, 0.2) is 11.7 Å². The topological polar surface area (TPSA) is 60.2 Å². The third-order valence-corrected chi connectivity index (χ3v) is 4.88. The summed E-state index contributed by atoms with van der Waals surface area (Å²) in [5.41, 5.74) is 4.74. The number of thiazole rings is 1. The number of aromatic nitrogens is 1. The number of nitrogens with two attached hydrogens (primary N) is 1. The highest BCUT2D eigenvalue weighted by molar-refractivity contribution is 7.09. The van der Waals surface area contributed by atoms with E-state index < -0.39 is 0 Å². The van der Waals surface area contributed by atoms with Gasteiger partial charge in [0, 0.05) is 24.6 Å². The van der Waals surface area contributed by atoms with Crippen LogP contribution in [-0.4, -0.2) is 23.7 Å². The summed E-state index contributed by atoms with van der Waals surface area (Å²) in [5.74, 6) is 5.79. The van der Waals surface area contributed by atoms with Gasteiger partial charge < -0.3 is 4.74 Å². The van der Waals surface area contributed by atoms with E-state index in [2.05, 4.69) is 10.4 Å². The molecule has 0 amide bonds. The molecule has 1 saturated carbocycles. The average Bonchev–Trinajstić information content (AvgIpc) is 2.79. The van der Waals surface area contributed by atoms with Gasteiger partial charge in [-0.15, -0.1) is 11.3 Å². The number of hydrazine groups is 1. The van der Waals surface area contributed by atoms with Crippen LogP contribution in [0, 0.1) is 0 Å². The first-order valence-electron chi connectivity index (χ1n) is 6.69. The van der Waals surface area contributed by atoms with Crippen LogP contribution in [0.4, 0.5) is 0 Å². The van der Waals surface area contributed by atoms with Crippen molar-refractivity contribution in [2.75, 3.05) is 7.11 Å². The second kappa shape index (κ2) is 6.61. The molecular formula is C13H23N3OS. The standard InChI is InChI=1S/C13H23N3OS/c1-17-13(6-4-2-3-5-7-13)12(16-14)8-11-9-15-10-18-11/h9-10,12,16H,2-8,14H2,1H3. The van der Waals surface area contributed by atoms with Crippen LogP contribution < -0.4 is 11.3 Å². The summed E-state index contributed by atoms with van der Waals surface area (Å²) in [6, 6.07) is 0.168. The molecule has 1 aromatic rings. The lowest BCUT2D eigenvalue weighted by Crippen LogP contribution is -2.55. The van der Waals surface area contributed by atoms with Gasteiger partial charge in [0.15, 0.2) is 0 Å². The quantitative estimate of drug-likeness (QED) is 0.489.